The van der Waals surface area contributed by atoms with E-state index in [-0.39, 0.29) is 58.4 Å². The minimum absolute atomic E-state index is 0.0249. The number of phenolic OH excluding ortho intramolecular Hbond substituents is 1. The highest BCUT2D eigenvalue weighted by Gasteiger charge is 2.40. The van der Waals surface area contributed by atoms with E-state index in [0.717, 1.165) is 6.07 Å². The van der Waals surface area contributed by atoms with E-state index < -0.39 is 59.8 Å². The molecule has 1 aromatic heterocycles. The van der Waals surface area contributed by atoms with Gasteiger partial charge in [0.15, 0.2) is 6.61 Å². The zero-order chi connectivity index (χ0) is 40.9. The number of carbonyl (C=O) groups excluding carboxylic acids is 2. The first-order valence-electron chi connectivity index (χ1n) is 17.6. The van der Waals surface area contributed by atoms with Crippen molar-refractivity contribution in [1.82, 2.24) is 20.9 Å². The van der Waals surface area contributed by atoms with Gasteiger partial charge in [-0.05, 0) is 60.4 Å². The molecule has 14 nitrogen and oxygen atoms in total. The maximum atomic E-state index is 13.4. The number of carboxylic acids is 1. The van der Waals surface area contributed by atoms with Crippen molar-refractivity contribution in [3.63, 3.8) is 0 Å². The second-order valence-electron chi connectivity index (χ2n) is 13.4. The number of rotatable bonds is 15. The summed E-state index contributed by atoms with van der Waals surface area (Å²) in [4.78, 5) is 51.9. The summed E-state index contributed by atoms with van der Waals surface area (Å²) in [6.07, 6.45) is -5.58. The molecule has 0 radical (unpaired) electrons. The number of benzene rings is 4. The number of aliphatic hydroxyl groups excluding tert-OH is 1. The Hall–Kier alpha value is -6.43. The van der Waals surface area contributed by atoms with Gasteiger partial charge in [-0.2, -0.15) is 0 Å². The summed E-state index contributed by atoms with van der Waals surface area (Å²) in [5, 5.41) is 50.6. The standard InChI is InChI=1S/C40H37F3N4O10/c41-40(42,43)57-33-15-22(9-10-23(33)19-44-20-32(49)29-11-13-31(48)36-30(29)12-14-34(50)47-36)37(52)46-27-17-26(18-27)45-35(51)21-56-28-8-4-7-25(16-28)39(55,38(53)54)24-5-2-1-3-6-24/h1-16,26-27,32,44,48-49,55H,17-21H2,(H,45,51)(H,46,52)(H,47,50)(H,53,54)/t26-,27-,32-,39-/m0/s1. The Morgan fingerprint density at radius 3 is 2.32 bits per heavy atom. The van der Waals surface area contributed by atoms with Gasteiger partial charge in [0.2, 0.25) is 11.2 Å². The largest absolute Gasteiger partial charge is 0.573 e. The van der Waals surface area contributed by atoms with Crippen LogP contribution in [0.4, 0.5) is 13.2 Å². The number of phenols is 1. The third-order valence-corrected chi connectivity index (χ3v) is 9.44. The third kappa shape index (κ3) is 9.52. The van der Waals surface area contributed by atoms with Crippen LogP contribution in [0.3, 0.4) is 0 Å². The zero-order valence-corrected chi connectivity index (χ0v) is 29.9. The van der Waals surface area contributed by atoms with Crippen molar-refractivity contribution in [2.75, 3.05) is 13.2 Å². The Bertz CT molecular complexity index is 2330. The number of halogens is 3. The van der Waals surface area contributed by atoms with Gasteiger partial charge in [0.25, 0.3) is 11.8 Å². The molecule has 0 saturated heterocycles. The van der Waals surface area contributed by atoms with Crippen molar-refractivity contribution in [2.24, 2.45) is 0 Å². The van der Waals surface area contributed by atoms with Gasteiger partial charge in [0, 0.05) is 53.3 Å². The van der Waals surface area contributed by atoms with E-state index in [1.54, 1.807) is 18.2 Å². The summed E-state index contributed by atoms with van der Waals surface area (Å²) < 4.78 is 49.9. The number of nitrogens with one attached hydrogen (secondary N) is 4. The maximum Gasteiger partial charge on any atom is 0.573 e. The molecule has 1 aliphatic rings. The van der Waals surface area contributed by atoms with E-state index in [1.165, 1.54) is 72.8 Å². The van der Waals surface area contributed by atoms with E-state index in [0.29, 0.717) is 23.8 Å². The van der Waals surface area contributed by atoms with E-state index in [9.17, 15) is 52.8 Å². The van der Waals surface area contributed by atoms with Crippen LogP contribution in [0.1, 0.15) is 51.6 Å². The number of amides is 2. The lowest BCUT2D eigenvalue weighted by atomic mass is 9.86. The second kappa shape index (κ2) is 16.7. The number of aliphatic hydroxyl groups is 2. The average Bonchev–Trinajstić information content (AvgIpc) is 3.16. The Morgan fingerprint density at radius 2 is 1.60 bits per heavy atom. The fourth-order valence-electron chi connectivity index (χ4n) is 6.51. The fraction of sp³-hybridized carbons (Fsp3) is 0.250. The van der Waals surface area contributed by atoms with Gasteiger partial charge in [-0.3, -0.25) is 14.4 Å². The molecule has 5 aromatic rings. The highest BCUT2D eigenvalue weighted by Crippen LogP contribution is 2.33. The molecular formula is C40H37F3N4O10. The molecule has 0 spiro atoms. The molecule has 8 N–H and O–H groups in total. The molecule has 4 aromatic carbocycles. The fourth-order valence-corrected chi connectivity index (χ4v) is 6.51. The summed E-state index contributed by atoms with van der Waals surface area (Å²) in [5.41, 5.74) is -2.23. The van der Waals surface area contributed by atoms with Crippen LogP contribution in [0.25, 0.3) is 10.9 Å². The first-order valence-corrected chi connectivity index (χ1v) is 17.6. The van der Waals surface area contributed by atoms with Crippen molar-refractivity contribution in [3.8, 4) is 17.2 Å². The number of pyridine rings is 1. The number of aromatic hydroxyl groups is 1. The van der Waals surface area contributed by atoms with Crippen LogP contribution in [-0.2, 0) is 21.7 Å². The number of fused-ring (bicyclic) bond motifs is 1. The summed E-state index contributed by atoms with van der Waals surface area (Å²) in [5.74, 6) is -3.33. The predicted octanol–water partition coefficient (Wildman–Crippen LogP) is 3.73. The van der Waals surface area contributed by atoms with Crippen molar-refractivity contribution in [3.05, 3.63) is 135 Å². The predicted molar refractivity (Wildman–Crippen MR) is 197 cm³/mol. The Balaban J connectivity index is 0.996. The lowest BCUT2D eigenvalue weighted by molar-refractivity contribution is -0.275. The summed E-state index contributed by atoms with van der Waals surface area (Å²) in [6.45, 7) is -0.738. The lowest BCUT2D eigenvalue weighted by Gasteiger charge is -2.36. The van der Waals surface area contributed by atoms with Crippen molar-refractivity contribution in [2.45, 2.75) is 49.5 Å². The van der Waals surface area contributed by atoms with Crippen LogP contribution >= 0.6 is 0 Å². The van der Waals surface area contributed by atoms with Crippen molar-refractivity contribution < 1.29 is 57.5 Å². The zero-order valence-electron chi connectivity index (χ0n) is 29.9. The third-order valence-electron chi connectivity index (χ3n) is 9.44. The number of aromatic amines is 1. The number of carboxylic acid groups (broad SMARTS) is 1. The molecule has 17 heteroatoms. The molecule has 0 unspecified atom stereocenters. The van der Waals surface area contributed by atoms with Crippen LogP contribution in [0.5, 0.6) is 17.2 Å². The molecule has 1 heterocycles. The minimum Gasteiger partial charge on any atom is -0.506 e. The molecule has 0 aliphatic heterocycles. The first-order chi connectivity index (χ1) is 27.1. The van der Waals surface area contributed by atoms with Crippen LogP contribution in [0, 0.1) is 0 Å². The number of alkyl halides is 3. The summed E-state index contributed by atoms with van der Waals surface area (Å²) in [7, 11) is 0. The molecule has 57 heavy (non-hydrogen) atoms. The maximum absolute atomic E-state index is 13.4. The van der Waals surface area contributed by atoms with E-state index in [1.807, 2.05) is 0 Å². The summed E-state index contributed by atoms with van der Waals surface area (Å²) in [6, 6.07) is 21.9. The van der Waals surface area contributed by atoms with Gasteiger partial charge in [0.05, 0.1) is 11.6 Å². The van der Waals surface area contributed by atoms with Crippen LogP contribution < -0.4 is 31.0 Å². The molecule has 1 aliphatic carbocycles. The molecule has 2 atom stereocenters. The number of hydrogen-bond donors (Lipinski definition) is 8. The van der Waals surface area contributed by atoms with Gasteiger partial charge in [-0.25, -0.2) is 4.79 Å². The first kappa shape index (κ1) is 40.2. The van der Waals surface area contributed by atoms with E-state index in [2.05, 4.69) is 25.7 Å². The van der Waals surface area contributed by atoms with Crippen LogP contribution in [0.15, 0.2) is 102 Å². The van der Waals surface area contributed by atoms with Gasteiger partial charge in [0.1, 0.15) is 17.2 Å². The quantitative estimate of drug-likeness (QED) is 0.0764. The monoisotopic (exact) mass is 790 g/mol. The van der Waals surface area contributed by atoms with Crippen molar-refractivity contribution >= 4 is 28.7 Å². The Morgan fingerprint density at radius 1 is 0.877 bits per heavy atom. The molecule has 0 bridgehead atoms. The number of ether oxygens (including phenoxy) is 2. The molecular weight excluding hydrogens is 753 g/mol. The number of aliphatic carboxylic acids is 1. The second-order valence-corrected chi connectivity index (χ2v) is 13.4. The lowest BCUT2D eigenvalue weighted by Crippen LogP contribution is -2.54. The molecule has 6 rings (SSSR count). The minimum atomic E-state index is -5.07. The Kier molecular flexibility index (Phi) is 11.8. The highest BCUT2D eigenvalue weighted by molar-refractivity contribution is 5.95. The average molecular weight is 791 g/mol. The highest BCUT2D eigenvalue weighted by atomic mass is 19.4. The van der Waals surface area contributed by atoms with Crippen LogP contribution in [-0.4, -0.2) is 74.8 Å². The number of aromatic nitrogens is 1. The van der Waals surface area contributed by atoms with Gasteiger partial charge < -0.3 is 50.8 Å². The van der Waals surface area contributed by atoms with Gasteiger partial charge in [-0.15, -0.1) is 13.2 Å². The van der Waals surface area contributed by atoms with Gasteiger partial charge >= 0.3 is 12.3 Å². The van der Waals surface area contributed by atoms with Gasteiger partial charge in [-0.1, -0.05) is 54.6 Å². The van der Waals surface area contributed by atoms with E-state index >= 15 is 0 Å². The number of hydrogen-bond acceptors (Lipinski definition) is 10. The topological polar surface area (TPSA) is 220 Å². The molecule has 2 amide bonds. The van der Waals surface area contributed by atoms with Crippen molar-refractivity contribution in [1.29, 1.82) is 0 Å². The normalized spacial score (nSPS) is 16.8. The molecule has 1 saturated carbocycles. The SMILES string of the molecule is O=C(COc1cccc([C@](O)(C(=O)O)c2ccccc2)c1)N[C@H]1C[C@H](NC(=O)c2ccc(CNC[C@H](O)c3ccc(O)c4[nH]c(=O)ccc34)c(OC(F)(F)F)c2)C1. The molecule has 1 fully saturated rings. The number of carbonyl (C=O) groups is 3. The summed E-state index contributed by atoms with van der Waals surface area (Å²) >= 11 is 0. The van der Waals surface area contributed by atoms with E-state index in [4.69, 9.17) is 4.74 Å². The van der Waals surface area contributed by atoms with Crippen LogP contribution in [0.2, 0.25) is 0 Å². The Labute approximate surface area is 321 Å². The molecule has 298 valence electrons. The number of H-pyrrole nitrogens is 1. The smallest absolute Gasteiger partial charge is 0.506 e.